The van der Waals surface area contributed by atoms with Gasteiger partial charge in [-0.05, 0) is 25.0 Å². The summed E-state index contributed by atoms with van der Waals surface area (Å²) in [5.74, 6) is -3.23. The minimum absolute atomic E-state index is 0.131. The monoisotopic (exact) mass is 525 g/mol. The topological polar surface area (TPSA) is 110 Å². The Morgan fingerprint density at radius 1 is 1.00 bits per heavy atom. The predicted molar refractivity (Wildman–Crippen MR) is 135 cm³/mol. The largest absolute Gasteiger partial charge is 0.481 e. The first-order valence-corrected chi connectivity index (χ1v) is 14.5. The van der Waals surface area contributed by atoms with Gasteiger partial charge in [-0.25, -0.2) is 8.78 Å². The van der Waals surface area contributed by atoms with Gasteiger partial charge in [0.1, 0.15) is 11.5 Å². The molecule has 3 fully saturated rings. The highest BCUT2D eigenvalue weighted by atomic mass is 32.3. The van der Waals surface area contributed by atoms with Gasteiger partial charge in [0.25, 0.3) is 11.9 Å². The minimum Gasteiger partial charge on any atom is -0.481 e. The van der Waals surface area contributed by atoms with Crippen LogP contribution in [0.5, 0.6) is 0 Å². The number of aromatic nitrogens is 1. The molecule has 3 heterocycles. The highest BCUT2D eigenvalue weighted by Gasteiger charge is 2.39. The maximum atomic E-state index is 13.7. The third-order valence-electron chi connectivity index (χ3n) is 7.71. The smallest absolute Gasteiger partial charge is 0.307 e. The van der Waals surface area contributed by atoms with Crippen molar-refractivity contribution in [3.63, 3.8) is 0 Å². The first-order valence-electron chi connectivity index (χ1n) is 12.6. The molecule has 8 nitrogen and oxygen atoms in total. The number of halogens is 2. The average Bonchev–Trinajstić information content (AvgIpc) is 3.29. The molecule has 0 radical (unpaired) electrons. The maximum Gasteiger partial charge on any atom is 0.307 e. The quantitative estimate of drug-likeness (QED) is 0.469. The molecule has 0 bridgehead atoms. The second-order valence-corrected chi connectivity index (χ2v) is 12.6. The predicted octanol–water partition coefficient (Wildman–Crippen LogP) is 5.51. The molecule has 2 saturated heterocycles. The van der Waals surface area contributed by atoms with E-state index in [-0.39, 0.29) is 37.9 Å². The van der Waals surface area contributed by atoms with Crippen LogP contribution in [0.1, 0.15) is 50.2 Å². The van der Waals surface area contributed by atoms with E-state index in [0.29, 0.717) is 48.9 Å². The zero-order valence-corrected chi connectivity index (χ0v) is 20.9. The third kappa shape index (κ3) is 5.33. The molecule has 3 aliphatic rings. The Morgan fingerprint density at radius 2 is 1.64 bits per heavy atom. The van der Waals surface area contributed by atoms with Crippen LogP contribution in [0.15, 0.2) is 28.7 Å². The van der Waals surface area contributed by atoms with E-state index >= 15 is 0 Å². The molecule has 0 spiro atoms. The van der Waals surface area contributed by atoms with E-state index in [4.69, 9.17) is 9.40 Å². The van der Waals surface area contributed by atoms with Crippen LogP contribution in [-0.2, 0) is 4.79 Å². The molecule has 2 aliphatic heterocycles. The Morgan fingerprint density at radius 3 is 2.28 bits per heavy atom. The number of aliphatic carboxylic acids is 1. The summed E-state index contributed by atoms with van der Waals surface area (Å²) in [6.45, 7) is 1.38. The molecule has 1 aromatic heterocycles. The number of carboxylic acids is 1. The Bertz CT molecular complexity index is 1070. The van der Waals surface area contributed by atoms with Crippen molar-refractivity contribution >= 4 is 28.3 Å². The molecule has 1 aromatic carbocycles. The molecular weight excluding hydrogens is 492 g/mol. The van der Waals surface area contributed by atoms with Gasteiger partial charge in [-0.1, -0.05) is 25.0 Å². The summed E-state index contributed by atoms with van der Waals surface area (Å²) in [6.07, 6.45) is 2.45. The van der Waals surface area contributed by atoms with Crippen molar-refractivity contribution in [3.05, 3.63) is 30.0 Å². The third-order valence-corrected chi connectivity index (χ3v) is 9.38. The number of carbonyl (C=O) groups is 1. The molecule has 0 amide bonds. The van der Waals surface area contributed by atoms with E-state index in [1.807, 2.05) is 24.3 Å². The standard InChI is InChI=1S/C25H33F2N3O5S/c26-25(27)9-11-30(12-10-25)24-28-21(22(35-24)19-3-1-2-4-20(19)23(31)32)17-5-7-18(8-6-17)29-13-15-36(33,34)16-14-29/h5-8,19-20,33-34H,1-4,9-16H2,(H,31,32)/t19-,20-/m1/s1. The molecule has 2 atom stereocenters. The first kappa shape index (κ1) is 25.3. The lowest BCUT2D eigenvalue weighted by Crippen LogP contribution is -2.39. The highest BCUT2D eigenvalue weighted by Crippen LogP contribution is 2.45. The number of nitrogens with zero attached hydrogens (tertiary/aromatic N) is 3. The molecule has 36 heavy (non-hydrogen) atoms. The fourth-order valence-electron chi connectivity index (χ4n) is 5.49. The summed E-state index contributed by atoms with van der Waals surface area (Å²) >= 11 is 0. The highest BCUT2D eigenvalue weighted by molar-refractivity contribution is 8.24. The summed E-state index contributed by atoms with van der Waals surface area (Å²) in [5.41, 5.74) is 2.31. The van der Waals surface area contributed by atoms with Crippen LogP contribution in [0.4, 0.5) is 20.5 Å². The van der Waals surface area contributed by atoms with Gasteiger partial charge in [-0.2, -0.15) is 15.6 Å². The van der Waals surface area contributed by atoms with Crippen molar-refractivity contribution in [1.82, 2.24) is 4.98 Å². The summed E-state index contributed by atoms with van der Waals surface area (Å²) in [7, 11) is -2.48. The summed E-state index contributed by atoms with van der Waals surface area (Å²) < 4.78 is 53.5. The number of benzene rings is 1. The lowest BCUT2D eigenvalue weighted by Gasteiger charge is -2.41. The molecular formula is C25H33F2N3O5S. The maximum absolute atomic E-state index is 13.7. The van der Waals surface area contributed by atoms with Crippen LogP contribution in [0.3, 0.4) is 0 Å². The summed E-state index contributed by atoms with van der Waals surface area (Å²) in [5, 5.41) is 9.87. The lowest BCUT2D eigenvalue weighted by atomic mass is 9.77. The van der Waals surface area contributed by atoms with Gasteiger partial charge >= 0.3 is 5.97 Å². The van der Waals surface area contributed by atoms with E-state index in [0.717, 1.165) is 24.1 Å². The van der Waals surface area contributed by atoms with Crippen LogP contribution in [-0.4, -0.2) is 68.8 Å². The van der Waals surface area contributed by atoms with Crippen LogP contribution in [0.2, 0.25) is 0 Å². The number of oxazole rings is 1. The van der Waals surface area contributed by atoms with E-state index < -0.39 is 28.4 Å². The van der Waals surface area contributed by atoms with Crippen molar-refractivity contribution in [2.45, 2.75) is 50.4 Å². The number of hydrogen-bond acceptors (Lipinski definition) is 7. The molecule has 1 saturated carbocycles. The molecule has 2 aromatic rings. The number of carboxylic acid groups (broad SMARTS) is 1. The van der Waals surface area contributed by atoms with Crippen molar-refractivity contribution in [1.29, 1.82) is 0 Å². The van der Waals surface area contributed by atoms with Gasteiger partial charge in [0.2, 0.25) is 0 Å². The Balaban J connectivity index is 1.45. The van der Waals surface area contributed by atoms with Gasteiger partial charge in [0, 0.05) is 56.2 Å². The SMILES string of the molecule is O=C(O)[C@@H]1CCCC[C@H]1c1oc(N2CCC(F)(F)CC2)nc1-c1ccc(N2CCS(O)(O)CC2)cc1. The van der Waals surface area contributed by atoms with Crippen LogP contribution < -0.4 is 9.80 Å². The average molecular weight is 526 g/mol. The van der Waals surface area contributed by atoms with Crippen LogP contribution >= 0.6 is 10.6 Å². The van der Waals surface area contributed by atoms with Gasteiger partial charge < -0.3 is 19.3 Å². The van der Waals surface area contributed by atoms with Gasteiger partial charge in [-0.3, -0.25) is 13.9 Å². The van der Waals surface area contributed by atoms with E-state index in [1.165, 1.54) is 0 Å². The number of anilines is 2. The molecule has 0 unspecified atom stereocenters. The molecule has 1 aliphatic carbocycles. The minimum atomic E-state index is -2.69. The van der Waals surface area contributed by atoms with Gasteiger partial charge in [0.15, 0.2) is 0 Å². The zero-order valence-electron chi connectivity index (χ0n) is 20.1. The fraction of sp³-hybridized carbons (Fsp3) is 0.600. The second-order valence-electron chi connectivity index (χ2n) is 10.1. The van der Waals surface area contributed by atoms with Crippen molar-refractivity contribution in [2.75, 3.05) is 47.5 Å². The summed E-state index contributed by atoms with van der Waals surface area (Å²) in [6, 6.07) is 7.99. The number of rotatable bonds is 5. The Labute approximate surface area is 210 Å². The number of alkyl halides is 2. The zero-order chi connectivity index (χ0) is 25.5. The van der Waals surface area contributed by atoms with Crippen LogP contribution in [0, 0.1) is 5.92 Å². The second kappa shape index (κ2) is 9.83. The molecule has 3 N–H and O–H groups in total. The molecule has 5 rings (SSSR count). The number of hydrogen-bond donors (Lipinski definition) is 3. The lowest BCUT2D eigenvalue weighted by molar-refractivity contribution is -0.143. The molecule has 198 valence electrons. The van der Waals surface area contributed by atoms with Crippen molar-refractivity contribution in [3.8, 4) is 11.3 Å². The first-order chi connectivity index (χ1) is 17.1. The van der Waals surface area contributed by atoms with Crippen molar-refractivity contribution in [2.24, 2.45) is 5.92 Å². The Hall–Kier alpha value is -2.37. The Kier molecular flexibility index (Phi) is 6.90. The van der Waals surface area contributed by atoms with E-state index in [2.05, 4.69) is 4.90 Å². The summed E-state index contributed by atoms with van der Waals surface area (Å²) in [4.78, 5) is 20.6. The normalized spacial score (nSPS) is 27.0. The van der Waals surface area contributed by atoms with Crippen LogP contribution in [0.25, 0.3) is 11.3 Å². The van der Waals surface area contributed by atoms with Crippen molar-refractivity contribution < 1.29 is 32.2 Å². The van der Waals surface area contributed by atoms with E-state index in [1.54, 1.807) is 4.90 Å². The fourth-order valence-corrected chi connectivity index (χ4v) is 6.72. The van der Waals surface area contributed by atoms with Gasteiger partial charge in [-0.15, -0.1) is 0 Å². The van der Waals surface area contributed by atoms with Gasteiger partial charge in [0.05, 0.1) is 17.4 Å². The number of piperidine rings is 1. The molecule has 11 heteroatoms. The van der Waals surface area contributed by atoms with E-state index in [9.17, 15) is 27.8 Å².